The van der Waals surface area contributed by atoms with Crippen molar-refractivity contribution in [2.24, 2.45) is 0 Å². The number of alkyl halides is 3. The Hall–Kier alpha value is 0.160. The topological polar surface area (TPSA) is 48.0 Å². The van der Waals surface area contributed by atoms with Gasteiger partial charge in [-0.3, -0.25) is 4.79 Å². The molecule has 2 aromatic rings. The van der Waals surface area contributed by atoms with Crippen LogP contribution in [0.2, 0.25) is 0 Å². The Morgan fingerprint density at radius 3 is 2.37 bits per heavy atom. The standard InChI is InChI=1S/C13H11I3N2O/c14-13(15,16)8-11(19)12-10(17)6-7-18(12)9-4-2-1-3-5-9/h1-7H,8,17H2. The van der Waals surface area contributed by atoms with Crippen LogP contribution in [0.4, 0.5) is 5.69 Å². The molecule has 0 atom stereocenters. The van der Waals surface area contributed by atoms with Gasteiger partial charge in [-0.1, -0.05) is 86.0 Å². The van der Waals surface area contributed by atoms with Crippen LogP contribution in [0.25, 0.3) is 5.69 Å². The molecule has 2 N–H and O–H groups in total. The molecular weight excluding hydrogens is 581 g/mol. The maximum Gasteiger partial charge on any atom is 0.184 e. The molecule has 0 spiro atoms. The van der Waals surface area contributed by atoms with E-state index in [9.17, 15) is 4.79 Å². The van der Waals surface area contributed by atoms with E-state index in [4.69, 9.17) is 5.73 Å². The molecule has 0 unspecified atom stereocenters. The first-order valence-corrected chi connectivity index (χ1v) is 8.74. The first-order valence-electron chi connectivity index (χ1n) is 5.50. The summed E-state index contributed by atoms with van der Waals surface area (Å²) in [7, 11) is 0. The summed E-state index contributed by atoms with van der Waals surface area (Å²) in [6.45, 7) is 0. The maximum atomic E-state index is 12.4. The lowest BCUT2D eigenvalue weighted by molar-refractivity contribution is 0.0983. The number of halogens is 3. The molecule has 1 aromatic heterocycles. The van der Waals surface area contributed by atoms with Crippen molar-refractivity contribution in [3.8, 4) is 5.69 Å². The van der Waals surface area contributed by atoms with Gasteiger partial charge in [0.1, 0.15) is 5.13 Å². The zero-order valence-corrected chi connectivity index (χ0v) is 16.3. The molecule has 0 amide bonds. The number of para-hydroxylation sites is 1. The van der Waals surface area contributed by atoms with Crippen molar-refractivity contribution in [2.75, 3.05) is 5.73 Å². The maximum absolute atomic E-state index is 12.4. The third kappa shape index (κ3) is 4.06. The minimum absolute atomic E-state index is 0.0598. The highest BCUT2D eigenvalue weighted by molar-refractivity contribution is 14.3. The lowest BCUT2D eigenvalue weighted by Crippen LogP contribution is -2.15. The number of nitrogens with zero attached hydrogens (tertiary/aromatic N) is 1. The van der Waals surface area contributed by atoms with E-state index in [0.29, 0.717) is 17.8 Å². The molecular formula is C13H11I3N2O. The van der Waals surface area contributed by atoms with Crippen LogP contribution in [0.3, 0.4) is 0 Å². The number of nitrogen functional groups attached to an aromatic ring is 1. The second kappa shape index (κ2) is 6.29. The van der Waals surface area contributed by atoms with E-state index in [1.807, 2.05) is 41.1 Å². The van der Waals surface area contributed by atoms with E-state index >= 15 is 0 Å². The summed E-state index contributed by atoms with van der Waals surface area (Å²) >= 11 is 6.77. The van der Waals surface area contributed by atoms with E-state index in [0.717, 1.165) is 5.69 Å². The van der Waals surface area contributed by atoms with Gasteiger partial charge in [0, 0.05) is 18.3 Å². The second-order valence-corrected chi connectivity index (χ2v) is 15.8. The monoisotopic (exact) mass is 592 g/mol. The number of rotatable bonds is 4. The number of carbonyl (C=O) groups excluding carboxylic acids is 1. The van der Waals surface area contributed by atoms with Crippen LogP contribution in [0, 0.1) is 0 Å². The predicted octanol–water partition coefficient (Wildman–Crippen LogP) is 4.59. The quantitative estimate of drug-likeness (QED) is 0.321. The fourth-order valence-corrected chi connectivity index (χ4v) is 2.85. The Kier molecular flexibility index (Phi) is 5.15. The van der Waals surface area contributed by atoms with Crippen LogP contribution in [0.15, 0.2) is 42.6 Å². The zero-order chi connectivity index (χ0) is 14.0. The van der Waals surface area contributed by atoms with Crippen LogP contribution < -0.4 is 5.73 Å². The smallest absolute Gasteiger partial charge is 0.184 e. The molecule has 1 heterocycles. The van der Waals surface area contributed by atoms with Crippen molar-refractivity contribution in [3.05, 3.63) is 48.3 Å². The third-order valence-electron chi connectivity index (χ3n) is 2.58. The van der Waals surface area contributed by atoms with Crippen LogP contribution in [0.1, 0.15) is 16.9 Å². The largest absolute Gasteiger partial charge is 0.397 e. The molecule has 19 heavy (non-hydrogen) atoms. The highest BCUT2D eigenvalue weighted by atomic mass is 127. The van der Waals surface area contributed by atoms with E-state index in [2.05, 4.69) is 67.8 Å². The minimum atomic E-state index is -0.136. The second-order valence-electron chi connectivity index (χ2n) is 4.04. The van der Waals surface area contributed by atoms with Gasteiger partial charge in [-0.15, -0.1) is 0 Å². The molecule has 1 aromatic carbocycles. The molecule has 0 aliphatic heterocycles. The summed E-state index contributed by atoms with van der Waals surface area (Å²) in [5, 5.41) is 0. The van der Waals surface area contributed by atoms with Crippen molar-refractivity contribution in [1.29, 1.82) is 0 Å². The zero-order valence-electron chi connectivity index (χ0n) is 9.82. The summed E-state index contributed by atoms with van der Waals surface area (Å²) in [6.07, 6.45) is 2.28. The highest BCUT2D eigenvalue weighted by Gasteiger charge is 2.26. The summed E-state index contributed by atoms with van der Waals surface area (Å²) < 4.78 is 1.72. The number of hydrogen-bond donors (Lipinski definition) is 1. The molecule has 0 radical (unpaired) electrons. The van der Waals surface area contributed by atoms with Gasteiger partial charge in [0.2, 0.25) is 0 Å². The Balaban J connectivity index is 2.42. The Labute approximate surface area is 152 Å². The van der Waals surface area contributed by atoms with Crippen molar-refractivity contribution < 1.29 is 4.79 Å². The van der Waals surface area contributed by atoms with Crippen molar-refractivity contribution in [2.45, 2.75) is 5.86 Å². The van der Waals surface area contributed by atoms with Crippen LogP contribution in [0.5, 0.6) is 0 Å². The van der Waals surface area contributed by atoms with E-state index < -0.39 is 0 Å². The molecule has 0 aliphatic rings. The van der Waals surface area contributed by atoms with Crippen molar-refractivity contribution in [3.63, 3.8) is 0 Å². The Bertz CT molecular complexity index is 588. The van der Waals surface area contributed by atoms with Crippen LogP contribution in [-0.4, -0.2) is 9.79 Å². The van der Waals surface area contributed by atoms with Gasteiger partial charge < -0.3 is 10.3 Å². The molecule has 0 aliphatic carbocycles. The molecule has 3 nitrogen and oxygen atoms in total. The number of anilines is 1. The van der Waals surface area contributed by atoms with Gasteiger partial charge in [-0.05, 0) is 18.2 Å². The fourth-order valence-electron chi connectivity index (χ4n) is 1.81. The summed E-state index contributed by atoms with van der Waals surface area (Å²) in [6, 6.07) is 11.5. The highest BCUT2D eigenvalue weighted by Crippen LogP contribution is 2.40. The summed E-state index contributed by atoms with van der Waals surface area (Å²) in [5.74, 6) is 0.0598. The lowest BCUT2D eigenvalue weighted by Gasteiger charge is -2.13. The van der Waals surface area contributed by atoms with Gasteiger partial charge >= 0.3 is 0 Å². The van der Waals surface area contributed by atoms with Gasteiger partial charge in [0.05, 0.1) is 5.69 Å². The van der Waals surface area contributed by atoms with E-state index in [1.54, 1.807) is 6.07 Å². The lowest BCUT2D eigenvalue weighted by atomic mass is 10.2. The molecule has 6 heteroatoms. The van der Waals surface area contributed by atoms with Crippen LogP contribution >= 0.6 is 67.8 Å². The molecule has 100 valence electrons. The SMILES string of the molecule is Nc1ccn(-c2ccccc2)c1C(=O)CC(I)(I)I. The number of hydrogen-bond acceptors (Lipinski definition) is 2. The molecule has 2 rings (SSSR count). The first kappa shape index (κ1) is 15.5. The molecule has 0 saturated carbocycles. The van der Waals surface area contributed by atoms with Gasteiger partial charge in [0.25, 0.3) is 0 Å². The number of nitrogens with two attached hydrogens (primary N) is 1. The van der Waals surface area contributed by atoms with Gasteiger partial charge in [-0.25, -0.2) is 0 Å². The number of aromatic nitrogens is 1. The molecule has 0 fully saturated rings. The van der Waals surface area contributed by atoms with Crippen LogP contribution in [-0.2, 0) is 0 Å². The van der Waals surface area contributed by atoms with Crippen molar-refractivity contribution in [1.82, 2.24) is 4.57 Å². The average Bonchev–Trinajstić information content (AvgIpc) is 2.70. The third-order valence-corrected chi connectivity index (χ3v) is 3.72. The number of ketones is 1. The Morgan fingerprint density at radius 2 is 1.79 bits per heavy atom. The van der Waals surface area contributed by atoms with Gasteiger partial charge in [0.15, 0.2) is 5.78 Å². The summed E-state index contributed by atoms with van der Waals surface area (Å²) in [5.41, 5.74) is 8.00. The van der Waals surface area contributed by atoms with E-state index in [1.165, 1.54) is 0 Å². The minimum Gasteiger partial charge on any atom is -0.397 e. The number of benzene rings is 1. The fraction of sp³-hybridized carbons (Fsp3) is 0.154. The number of Topliss-reactive ketones (excluding diaryl/α,β-unsaturated/α-hetero) is 1. The molecule has 0 bridgehead atoms. The Morgan fingerprint density at radius 1 is 1.16 bits per heavy atom. The molecule has 0 saturated heterocycles. The van der Waals surface area contributed by atoms with Crippen molar-refractivity contribution >= 4 is 79.2 Å². The summed E-state index contributed by atoms with van der Waals surface area (Å²) in [4.78, 5) is 12.4. The van der Waals surface area contributed by atoms with E-state index in [-0.39, 0.29) is 5.22 Å². The first-order chi connectivity index (χ1) is 8.88. The number of carbonyl (C=O) groups is 1. The predicted molar refractivity (Wildman–Crippen MR) is 104 cm³/mol. The van der Waals surface area contributed by atoms with Gasteiger partial charge in [-0.2, -0.15) is 0 Å². The normalized spacial score (nSPS) is 11.5. The average molecular weight is 592 g/mol.